The van der Waals surface area contributed by atoms with Gasteiger partial charge in [0.2, 0.25) is 6.79 Å². The molecule has 184 valence electrons. The average Bonchev–Trinajstić information content (AvgIpc) is 3.33. The number of fused-ring (bicyclic) bond motifs is 1. The van der Waals surface area contributed by atoms with Crippen molar-refractivity contribution in [3.8, 4) is 17.2 Å². The van der Waals surface area contributed by atoms with Gasteiger partial charge in [-0.15, -0.1) is 0 Å². The van der Waals surface area contributed by atoms with Gasteiger partial charge in [-0.3, -0.25) is 9.59 Å². The molecule has 0 spiro atoms. The van der Waals surface area contributed by atoms with Crippen molar-refractivity contribution in [2.75, 3.05) is 45.4 Å². The van der Waals surface area contributed by atoms with Crippen LogP contribution < -0.4 is 24.8 Å². The molecule has 0 unspecified atom stereocenters. The third-order valence-electron chi connectivity index (χ3n) is 5.71. The summed E-state index contributed by atoms with van der Waals surface area (Å²) in [5.41, 5.74) is 1.40. The first kappa shape index (κ1) is 25.4. The highest BCUT2D eigenvalue weighted by Crippen LogP contribution is 2.33. The molecule has 3 rings (SSSR count). The van der Waals surface area contributed by atoms with E-state index >= 15 is 0 Å². The van der Waals surface area contributed by atoms with Crippen LogP contribution in [0, 0.1) is 0 Å². The highest BCUT2D eigenvalue weighted by molar-refractivity contribution is 6.05. The minimum atomic E-state index is -0.295. The first-order valence-electron chi connectivity index (χ1n) is 11.9. The molecular weight excluding hydrogens is 434 g/mol. The average molecular weight is 470 g/mol. The van der Waals surface area contributed by atoms with Crippen LogP contribution in [-0.4, -0.2) is 56.8 Å². The summed E-state index contributed by atoms with van der Waals surface area (Å²) in [4.78, 5) is 27.8. The van der Waals surface area contributed by atoms with Crippen LogP contribution in [0.4, 0.5) is 5.69 Å². The number of hydrogen-bond donors (Lipinski definition) is 2. The van der Waals surface area contributed by atoms with Crippen molar-refractivity contribution >= 4 is 17.5 Å². The van der Waals surface area contributed by atoms with Crippen LogP contribution in [0.3, 0.4) is 0 Å². The summed E-state index contributed by atoms with van der Waals surface area (Å²) in [7, 11) is 1.51. The number of anilines is 1. The van der Waals surface area contributed by atoms with Crippen LogP contribution in [0.15, 0.2) is 36.4 Å². The molecule has 0 saturated carbocycles. The number of carbonyl (C=O) groups is 2. The topological polar surface area (TPSA) is 89.1 Å². The van der Waals surface area contributed by atoms with Crippen molar-refractivity contribution in [2.24, 2.45) is 0 Å². The second-order valence-electron chi connectivity index (χ2n) is 8.24. The fraction of sp³-hybridized carbons (Fsp3) is 0.462. The van der Waals surface area contributed by atoms with Crippen LogP contribution in [-0.2, 0) is 0 Å². The Morgan fingerprint density at radius 3 is 2.38 bits per heavy atom. The normalized spacial score (nSPS) is 12.0. The molecule has 2 aromatic rings. The molecule has 0 aliphatic carbocycles. The van der Waals surface area contributed by atoms with Gasteiger partial charge < -0.3 is 29.7 Å². The summed E-state index contributed by atoms with van der Waals surface area (Å²) in [5.74, 6) is 1.07. The molecule has 2 amide bonds. The van der Waals surface area contributed by atoms with Gasteiger partial charge in [-0.25, -0.2) is 0 Å². The third-order valence-corrected chi connectivity index (χ3v) is 5.71. The Balaban J connectivity index is 1.58. The number of unbranched alkanes of at least 4 members (excludes halogenated alkanes) is 2. The van der Waals surface area contributed by atoms with Gasteiger partial charge in [0.25, 0.3) is 11.8 Å². The smallest absolute Gasteiger partial charge is 0.255 e. The zero-order valence-corrected chi connectivity index (χ0v) is 20.3. The Morgan fingerprint density at radius 2 is 1.68 bits per heavy atom. The molecule has 0 bridgehead atoms. The quantitative estimate of drug-likeness (QED) is 0.455. The van der Waals surface area contributed by atoms with Gasteiger partial charge in [0.15, 0.2) is 11.5 Å². The van der Waals surface area contributed by atoms with Crippen molar-refractivity contribution in [1.82, 2.24) is 10.2 Å². The van der Waals surface area contributed by atoms with E-state index in [4.69, 9.17) is 14.2 Å². The predicted molar refractivity (Wildman–Crippen MR) is 132 cm³/mol. The lowest BCUT2D eigenvalue weighted by Gasteiger charge is -2.22. The molecular formula is C26H35N3O5. The Kier molecular flexibility index (Phi) is 9.58. The minimum absolute atomic E-state index is 0.149. The Labute approximate surface area is 201 Å². The van der Waals surface area contributed by atoms with E-state index < -0.39 is 0 Å². The van der Waals surface area contributed by atoms with E-state index in [1.54, 1.807) is 36.4 Å². The first-order valence-corrected chi connectivity index (χ1v) is 11.9. The summed E-state index contributed by atoms with van der Waals surface area (Å²) in [6, 6.07) is 10.0. The Hall–Kier alpha value is -3.26. The molecule has 2 aromatic carbocycles. The molecule has 0 aromatic heterocycles. The highest BCUT2D eigenvalue weighted by Gasteiger charge is 2.18. The summed E-state index contributed by atoms with van der Waals surface area (Å²) < 4.78 is 16.0. The lowest BCUT2D eigenvalue weighted by atomic mass is 10.1. The fourth-order valence-corrected chi connectivity index (χ4v) is 3.72. The number of benzene rings is 2. The van der Waals surface area contributed by atoms with E-state index in [2.05, 4.69) is 29.4 Å². The van der Waals surface area contributed by atoms with Crippen LogP contribution >= 0.6 is 0 Å². The van der Waals surface area contributed by atoms with Gasteiger partial charge >= 0.3 is 0 Å². The Bertz CT molecular complexity index is 971. The van der Waals surface area contributed by atoms with Crippen molar-refractivity contribution < 1.29 is 23.8 Å². The third kappa shape index (κ3) is 6.87. The molecule has 1 heterocycles. The number of hydrogen-bond acceptors (Lipinski definition) is 6. The zero-order valence-electron chi connectivity index (χ0n) is 20.3. The lowest BCUT2D eigenvalue weighted by molar-refractivity contribution is 0.0944. The fourth-order valence-electron chi connectivity index (χ4n) is 3.72. The van der Waals surface area contributed by atoms with E-state index in [-0.39, 0.29) is 18.6 Å². The molecule has 34 heavy (non-hydrogen) atoms. The molecule has 1 aliphatic rings. The molecule has 0 atom stereocenters. The number of carbonyl (C=O) groups excluding carboxylic acids is 2. The van der Waals surface area contributed by atoms with E-state index in [0.29, 0.717) is 40.6 Å². The maximum absolute atomic E-state index is 12.8. The summed E-state index contributed by atoms with van der Waals surface area (Å²) in [5, 5.41) is 5.83. The summed E-state index contributed by atoms with van der Waals surface area (Å²) >= 11 is 0. The zero-order chi connectivity index (χ0) is 24.3. The van der Waals surface area contributed by atoms with Crippen LogP contribution in [0.1, 0.15) is 60.2 Å². The number of ether oxygens (including phenoxy) is 3. The lowest BCUT2D eigenvalue weighted by Crippen LogP contribution is -2.36. The van der Waals surface area contributed by atoms with Gasteiger partial charge in [-0.2, -0.15) is 0 Å². The molecule has 0 fully saturated rings. The maximum atomic E-state index is 12.8. The molecule has 0 saturated heterocycles. The molecule has 0 radical (unpaired) electrons. The molecule has 1 aliphatic heterocycles. The molecule has 8 heteroatoms. The van der Waals surface area contributed by atoms with Gasteiger partial charge in [-0.05, 0) is 56.3 Å². The SMILES string of the molecule is CCCCN(CCCC)CCNC(=O)c1ccc(NC(=O)c2ccc3c(c2)OCO3)cc1OC. The number of nitrogens with one attached hydrogen (secondary N) is 2. The van der Waals surface area contributed by atoms with Gasteiger partial charge in [0, 0.05) is 30.4 Å². The highest BCUT2D eigenvalue weighted by atomic mass is 16.7. The van der Waals surface area contributed by atoms with E-state index in [1.165, 1.54) is 7.11 Å². The van der Waals surface area contributed by atoms with Crippen molar-refractivity contribution in [2.45, 2.75) is 39.5 Å². The van der Waals surface area contributed by atoms with E-state index in [9.17, 15) is 9.59 Å². The van der Waals surface area contributed by atoms with Gasteiger partial charge in [0.05, 0.1) is 12.7 Å². The predicted octanol–water partition coefficient (Wildman–Crippen LogP) is 4.31. The largest absolute Gasteiger partial charge is 0.496 e. The van der Waals surface area contributed by atoms with Crippen LogP contribution in [0.2, 0.25) is 0 Å². The first-order chi connectivity index (χ1) is 16.5. The monoisotopic (exact) mass is 469 g/mol. The number of nitrogens with zero attached hydrogens (tertiary/aromatic N) is 1. The number of rotatable bonds is 13. The van der Waals surface area contributed by atoms with Crippen molar-refractivity contribution in [3.05, 3.63) is 47.5 Å². The summed E-state index contributed by atoms with van der Waals surface area (Å²) in [6.07, 6.45) is 4.63. The summed E-state index contributed by atoms with van der Waals surface area (Å²) in [6.45, 7) is 8.01. The van der Waals surface area contributed by atoms with Crippen molar-refractivity contribution in [1.29, 1.82) is 0 Å². The minimum Gasteiger partial charge on any atom is -0.496 e. The van der Waals surface area contributed by atoms with E-state index in [1.807, 2.05) is 0 Å². The van der Waals surface area contributed by atoms with Gasteiger partial charge in [0.1, 0.15) is 5.75 Å². The molecule has 2 N–H and O–H groups in total. The number of amides is 2. The number of methoxy groups -OCH3 is 1. The van der Waals surface area contributed by atoms with E-state index in [0.717, 1.165) is 45.3 Å². The Morgan fingerprint density at radius 1 is 0.941 bits per heavy atom. The standard InChI is InChI=1S/C26H35N3O5/c1-4-6-13-29(14-7-5-2)15-12-27-26(31)21-10-9-20(17-23(21)32-3)28-25(30)19-8-11-22-24(16-19)34-18-33-22/h8-11,16-17H,4-7,12-15,18H2,1-3H3,(H,27,31)(H,28,30). The van der Waals surface area contributed by atoms with Crippen molar-refractivity contribution in [3.63, 3.8) is 0 Å². The second kappa shape index (κ2) is 12.8. The van der Waals surface area contributed by atoms with Crippen LogP contribution in [0.25, 0.3) is 0 Å². The second-order valence-corrected chi connectivity index (χ2v) is 8.24. The van der Waals surface area contributed by atoms with Gasteiger partial charge in [-0.1, -0.05) is 26.7 Å². The maximum Gasteiger partial charge on any atom is 0.255 e. The molecule has 8 nitrogen and oxygen atoms in total. The van der Waals surface area contributed by atoms with Crippen LogP contribution in [0.5, 0.6) is 17.2 Å².